The lowest BCUT2D eigenvalue weighted by molar-refractivity contribution is -0.131. The first-order chi connectivity index (χ1) is 9.47. The summed E-state index contributed by atoms with van der Waals surface area (Å²) in [5.41, 5.74) is 6.99. The molecule has 1 aliphatic heterocycles. The summed E-state index contributed by atoms with van der Waals surface area (Å²) in [6.45, 7) is 1.54. The van der Waals surface area contributed by atoms with E-state index in [4.69, 9.17) is 5.73 Å². The molecule has 1 fully saturated rings. The van der Waals surface area contributed by atoms with Gasteiger partial charge in [-0.2, -0.15) is 0 Å². The molecule has 1 heterocycles. The summed E-state index contributed by atoms with van der Waals surface area (Å²) in [5, 5.41) is 9.24. The van der Waals surface area contributed by atoms with Gasteiger partial charge in [-0.15, -0.1) is 0 Å². The van der Waals surface area contributed by atoms with Crippen molar-refractivity contribution in [2.24, 2.45) is 5.73 Å². The first-order valence-corrected chi connectivity index (χ1v) is 6.96. The molecule has 1 aromatic rings. The average molecular weight is 277 g/mol. The highest BCUT2D eigenvalue weighted by atomic mass is 16.3. The van der Waals surface area contributed by atoms with E-state index in [2.05, 4.69) is 4.90 Å². The van der Waals surface area contributed by atoms with E-state index in [1.165, 1.54) is 0 Å². The molecule has 0 spiro atoms. The maximum atomic E-state index is 12.3. The maximum absolute atomic E-state index is 12.3. The third-order valence-corrected chi connectivity index (χ3v) is 3.91. The molecule has 1 saturated heterocycles. The predicted octanol–water partition coefficient (Wildman–Crippen LogP) is 0.425. The standard InChI is InChI=1S/C15H23N3O2/c1-17(2)12-7-8-18(10-12)15(20)14(16)9-11-3-5-13(19)6-4-11/h3-6,12,14,19H,7-10,16H2,1-2H3/t12?,14-/m0/s1. The quantitative estimate of drug-likeness (QED) is 0.837. The molecule has 0 saturated carbocycles. The van der Waals surface area contributed by atoms with E-state index in [-0.39, 0.29) is 11.7 Å². The lowest BCUT2D eigenvalue weighted by Gasteiger charge is -2.23. The van der Waals surface area contributed by atoms with E-state index >= 15 is 0 Å². The van der Waals surface area contributed by atoms with Crippen LogP contribution < -0.4 is 5.73 Å². The highest BCUT2D eigenvalue weighted by Gasteiger charge is 2.30. The van der Waals surface area contributed by atoms with E-state index < -0.39 is 6.04 Å². The Bertz CT molecular complexity index is 459. The average Bonchev–Trinajstić information content (AvgIpc) is 2.90. The topological polar surface area (TPSA) is 69.8 Å². The summed E-state index contributed by atoms with van der Waals surface area (Å²) in [6.07, 6.45) is 1.51. The molecule has 110 valence electrons. The Morgan fingerprint density at radius 2 is 2.10 bits per heavy atom. The highest BCUT2D eigenvalue weighted by Crippen LogP contribution is 2.16. The van der Waals surface area contributed by atoms with Crippen LogP contribution in [0.3, 0.4) is 0 Å². The molecule has 1 amide bonds. The second kappa shape index (κ2) is 6.24. The summed E-state index contributed by atoms with van der Waals surface area (Å²) in [7, 11) is 4.07. The minimum atomic E-state index is -0.513. The Balaban J connectivity index is 1.91. The van der Waals surface area contributed by atoms with Crippen LogP contribution in [0.4, 0.5) is 0 Å². The molecule has 1 aliphatic rings. The summed E-state index contributed by atoms with van der Waals surface area (Å²) in [6, 6.07) is 6.75. The lowest BCUT2D eigenvalue weighted by Crippen LogP contribution is -2.45. The Morgan fingerprint density at radius 3 is 2.65 bits per heavy atom. The zero-order valence-corrected chi connectivity index (χ0v) is 12.1. The minimum Gasteiger partial charge on any atom is -0.508 e. The van der Waals surface area contributed by atoms with Crippen molar-refractivity contribution in [3.05, 3.63) is 29.8 Å². The number of hydrogen-bond donors (Lipinski definition) is 2. The molecule has 0 aromatic heterocycles. The van der Waals surface area contributed by atoms with Crippen molar-refractivity contribution in [1.82, 2.24) is 9.80 Å². The third kappa shape index (κ3) is 3.49. The monoisotopic (exact) mass is 277 g/mol. The van der Waals surface area contributed by atoms with E-state index in [1.807, 2.05) is 19.0 Å². The fraction of sp³-hybridized carbons (Fsp3) is 0.533. The van der Waals surface area contributed by atoms with Crippen LogP contribution in [0.1, 0.15) is 12.0 Å². The van der Waals surface area contributed by atoms with Gasteiger partial charge in [0.15, 0.2) is 0 Å². The molecule has 2 atom stereocenters. The second-order valence-corrected chi connectivity index (χ2v) is 5.67. The number of benzene rings is 1. The number of rotatable bonds is 4. The molecule has 1 aromatic carbocycles. The van der Waals surface area contributed by atoms with Crippen LogP contribution in [0.5, 0.6) is 5.75 Å². The van der Waals surface area contributed by atoms with Gasteiger partial charge in [-0.05, 0) is 44.6 Å². The van der Waals surface area contributed by atoms with Crippen molar-refractivity contribution < 1.29 is 9.90 Å². The number of nitrogens with two attached hydrogens (primary N) is 1. The second-order valence-electron chi connectivity index (χ2n) is 5.67. The normalized spacial score (nSPS) is 20.4. The van der Waals surface area contributed by atoms with Crippen molar-refractivity contribution in [1.29, 1.82) is 0 Å². The number of likely N-dealkylation sites (tertiary alicyclic amines) is 1. The number of likely N-dealkylation sites (N-methyl/N-ethyl adjacent to an activating group) is 1. The number of aromatic hydroxyl groups is 1. The van der Waals surface area contributed by atoms with Crippen molar-refractivity contribution in [2.45, 2.75) is 24.9 Å². The van der Waals surface area contributed by atoms with Crippen LogP contribution >= 0.6 is 0 Å². The predicted molar refractivity (Wildman–Crippen MR) is 78.5 cm³/mol. The number of hydrogen-bond acceptors (Lipinski definition) is 4. The molecule has 2 rings (SSSR count). The van der Waals surface area contributed by atoms with E-state index in [1.54, 1.807) is 24.3 Å². The minimum absolute atomic E-state index is 0.0161. The highest BCUT2D eigenvalue weighted by molar-refractivity contribution is 5.82. The molecule has 3 N–H and O–H groups in total. The van der Waals surface area contributed by atoms with Gasteiger partial charge in [0.05, 0.1) is 6.04 Å². The molecule has 20 heavy (non-hydrogen) atoms. The fourth-order valence-corrected chi connectivity index (χ4v) is 2.57. The van der Waals surface area contributed by atoms with Crippen LogP contribution in [-0.4, -0.2) is 60.1 Å². The van der Waals surface area contributed by atoms with Gasteiger partial charge in [-0.25, -0.2) is 0 Å². The summed E-state index contributed by atoms with van der Waals surface area (Å²) in [4.78, 5) is 16.3. The van der Waals surface area contributed by atoms with E-state index in [0.29, 0.717) is 12.5 Å². The van der Waals surface area contributed by atoms with Crippen molar-refractivity contribution in [3.63, 3.8) is 0 Å². The molecule has 0 radical (unpaired) electrons. The van der Waals surface area contributed by atoms with Crippen LogP contribution in [0.25, 0.3) is 0 Å². The molecule has 1 unspecified atom stereocenters. The first kappa shape index (κ1) is 14.8. The smallest absolute Gasteiger partial charge is 0.239 e. The van der Waals surface area contributed by atoms with E-state index in [9.17, 15) is 9.90 Å². The molecule has 5 nitrogen and oxygen atoms in total. The van der Waals surface area contributed by atoms with Gasteiger partial charge < -0.3 is 20.6 Å². The molecule has 0 bridgehead atoms. The van der Waals surface area contributed by atoms with Crippen LogP contribution in [0.2, 0.25) is 0 Å². The van der Waals surface area contributed by atoms with Gasteiger partial charge in [0, 0.05) is 19.1 Å². The molecule has 0 aliphatic carbocycles. The Labute approximate surface area is 120 Å². The molecular weight excluding hydrogens is 254 g/mol. The summed E-state index contributed by atoms with van der Waals surface area (Å²) >= 11 is 0. The van der Waals surface area contributed by atoms with Crippen molar-refractivity contribution in [3.8, 4) is 5.75 Å². The summed E-state index contributed by atoms with van der Waals surface area (Å²) < 4.78 is 0. The Hall–Kier alpha value is -1.59. The van der Waals surface area contributed by atoms with Gasteiger partial charge in [0.25, 0.3) is 0 Å². The summed E-state index contributed by atoms with van der Waals surface area (Å²) in [5.74, 6) is 0.240. The van der Waals surface area contributed by atoms with Gasteiger partial charge in [-0.3, -0.25) is 4.79 Å². The number of phenols is 1. The number of carbonyl (C=O) groups is 1. The zero-order chi connectivity index (χ0) is 14.7. The number of carbonyl (C=O) groups excluding carboxylic acids is 1. The fourth-order valence-electron chi connectivity index (χ4n) is 2.57. The maximum Gasteiger partial charge on any atom is 0.239 e. The number of nitrogens with zero attached hydrogens (tertiary/aromatic N) is 2. The zero-order valence-electron chi connectivity index (χ0n) is 12.1. The SMILES string of the molecule is CN(C)C1CCN(C(=O)[C@@H](N)Cc2ccc(O)cc2)C1. The van der Waals surface area contributed by atoms with Gasteiger partial charge in [-0.1, -0.05) is 12.1 Å². The lowest BCUT2D eigenvalue weighted by atomic mass is 10.1. The van der Waals surface area contributed by atoms with Crippen molar-refractivity contribution >= 4 is 5.91 Å². The third-order valence-electron chi connectivity index (χ3n) is 3.91. The van der Waals surface area contributed by atoms with Gasteiger partial charge in [0.2, 0.25) is 5.91 Å². The number of amides is 1. The Morgan fingerprint density at radius 1 is 1.45 bits per heavy atom. The molecule has 5 heteroatoms. The first-order valence-electron chi connectivity index (χ1n) is 6.96. The number of phenolic OH excluding ortho intramolecular Hbond substituents is 1. The Kier molecular flexibility index (Phi) is 4.62. The van der Waals surface area contributed by atoms with Crippen LogP contribution in [0.15, 0.2) is 24.3 Å². The van der Waals surface area contributed by atoms with Crippen LogP contribution in [-0.2, 0) is 11.2 Å². The van der Waals surface area contributed by atoms with E-state index in [0.717, 1.165) is 25.1 Å². The largest absolute Gasteiger partial charge is 0.508 e. The van der Waals surface area contributed by atoms with Crippen molar-refractivity contribution in [2.75, 3.05) is 27.2 Å². The molecular formula is C15H23N3O2. The van der Waals surface area contributed by atoms with Gasteiger partial charge >= 0.3 is 0 Å². The van der Waals surface area contributed by atoms with Gasteiger partial charge in [0.1, 0.15) is 5.75 Å². The van der Waals surface area contributed by atoms with Crippen LogP contribution in [0, 0.1) is 0 Å².